The van der Waals surface area contributed by atoms with E-state index in [1.54, 1.807) is 11.3 Å². The van der Waals surface area contributed by atoms with Gasteiger partial charge in [0.05, 0.1) is 12.6 Å². The van der Waals surface area contributed by atoms with E-state index in [0.29, 0.717) is 18.9 Å². The molecule has 0 spiro atoms. The van der Waals surface area contributed by atoms with E-state index < -0.39 is 0 Å². The first-order chi connectivity index (χ1) is 12.8. The highest BCUT2D eigenvalue weighted by Crippen LogP contribution is 2.26. The van der Waals surface area contributed by atoms with Crippen LogP contribution in [0.4, 0.5) is 0 Å². The maximum Gasteiger partial charge on any atom is 0.258 e. The monoisotopic (exact) mass is 374 g/mol. The van der Waals surface area contributed by atoms with Crippen molar-refractivity contribution in [3.8, 4) is 11.5 Å². The maximum absolute atomic E-state index is 12.2. The molecule has 5 nitrogen and oxygen atoms in total. The summed E-state index contributed by atoms with van der Waals surface area (Å²) in [4.78, 5) is 14.7. The van der Waals surface area contributed by atoms with Crippen molar-refractivity contribution >= 4 is 17.2 Å². The second-order valence-corrected chi connectivity index (χ2v) is 7.09. The largest absolute Gasteiger partial charge is 0.494 e. The van der Waals surface area contributed by atoms with Crippen molar-refractivity contribution in [2.75, 3.05) is 32.8 Å². The summed E-state index contributed by atoms with van der Waals surface area (Å²) in [5.41, 5.74) is 1.28. The molecule has 0 radical (unpaired) electrons. The van der Waals surface area contributed by atoms with Crippen LogP contribution in [0.5, 0.6) is 11.5 Å². The van der Waals surface area contributed by atoms with Crippen LogP contribution in [0, 0.1) is 0 Å². The van der Waals surface area contributed by atoms with Gasteiger partial charge in [0.1, 0.15) is 11.5 Å². The van der Waals surface area contributed by atoms with Gasteiger partial charge >= 0.3 is 0 Å². The minimum atomic E-state index is -0.0988. The Morgan fingerprint density at radius 3 is 2.46 bits per heavy atom. The normalized spacial score (nSPS) is 15.6. The third-order valence-corrected chi connectivity index (χ3v) is 5.21. The first-order valence-electron chi connectivity index (χ1n) is 9.14. The number of hydrogen-bond donors (Lipinski definition) is 1. The lowest BCUT2D eigenvalue weighted by molar-refractivity contribution is -0.123. The van der Waals surface area contributed by atoms with Crippen LogP contribution in [-0.2, 0) is 4.79 Å². The van der Waals surface area contributed by atoms with Crippen molar-refractivity contribution in [3.63, 3.8) is 0 Å². The van der Waals surface area contributed by atoms with E-state index in [1.165, 1.54) is 18.4 Å². The average Bonchev–Trinajstić information content (AvgIpc) is 3.36. The van der Waals surface area contributed by atoms with Gasteiger partial charge in [-0.3, -0.25) is 9.69 Å². The Morgan fingerprint density at radius 1 is 1.15 bits per heavy atom. The highest BCUT2D eigenvalue weighted by atomic mass is 32.1. The number of hydrogen-bond acceptors (Lipinski definition) is 5. The first-order valence-corrected chi connectivity index (χ1v) is 10.1. The maximum atomic E-state index is 12.2. The van der Waals surface area contributed by atoms with Crippen LogP contribution >= 0.6 is 11.3 Å². The van der Waals surface area contributed by atoms with E-state index in [4.69, 9.17) is 9.47 Å². The van der Waals surface area contributed by atoms with Crippen LogP contribution in [0.25, 0.3) is 0 Å². The van der Waals surface area contributed by atoms with Crippen LogP contribution in [0.15, 0.2) is 41.1 Å². The van der Waals surface area contributed by atoms with E-state index in [2.05, 4.69) is 27.0 Å². The minimum Gasteiger partial charge on any atom is -0.494 e. The molecular formula is C20H26N2O3S. The molecular weight excluding hydrogens is 348 g/mol. The number of nitrogens with one attached hydrogen (secondary N) is 1. The zero-order valence-electron chi connectivity index (χ0n) is 15.1. The SMILES string of the molecule is CCOc1ccc(OCC(=O)NCC(c2ccsc2)N2CCCC2)cc1. The molecule has 1 atom stereocenters. The number of rotatable bonds is 9. The molecule has 3 rings (SSSR count). The molecule has 6 heteroatoms. The second kappa shape index (κ2) is 9.59. The number of amides is 1. The van der Waals surface area contributed by atoms with Gasteiger partial charge in [0.25, 0.3) is 5.91 Å². The number of thiophene rings is 1. The predicted octanol–water partition coefficient (Wildman–Crippen LogP) is 3.48. The van der Waals surface area contributed by atoms with Gasteiger partial charge in [-0.2, -0.15) is 11.3 Å². The van der Waals surface area contributed by atoms with E-state index in [-0.39, 0.29) is 18.6 Å². The number of nitrogens with zero attached hydrogens (tertiary/aromatic N) is 1. The van der Waals surface area contributed by atoms with Gasteiger partial charge in [-0.15, -0.1) is 0 Å². The predicted molar refractivity (Wildman–Crippen MR) is 104 cm³/mol. The fourth-order valence-electron chi connectivity index (χ4n) is 3.18. The van der Waals surface area contributed by atoms with Crippen LogP contribution in [0.1, 0.15) is 31.4 Å². The van der Waals surface area contributed by atoms with Crippen molar-refractivity contribution < 1.29 is 14.3 Å². The fraction of sp³-hybridized carbons (Fsp3) is 0.450. The summed E-state index contributed by atoms with van der Waals surface area (Å²) in [6.07, 6.45) is 2.46. The molecule has 1 aliphatic heterocycles. The molecule has 1 aliphatic rings. The van der Waals surface area contributed by atoms with Crippen molar-refractivity contribution in [2.45, 2.75) is 25.8 Å². The molecule has 0 aliphatic carbocycles. The molecule has 1 amide bonds. The number of ether oxygens (including phenoxy) is 2. The van der Waals surface area contributed by atoms with E-state index in [9.17, 15) is 4.79 Å². The molecule has 1 aromatic carbocycles. The minimum absolute atomic E-state index is 0.0182. The number of benzene rings is 1. The Kier molecular flexibility index (Phi) is 6.91. The Balaban J connectivity index is 1.47. The average molecular weight is 375 g/mol. The summed E-state index contributed by atoms with van der Waals surface area (Å²) in [5, 5.41) is 7.29. The van der Waals surface area contributed by atoms with Gasteiger partial charge in [0.2, 0.25) is 0 Å². The molecule has 1 unspecified atom stereocenters. The summed E-state index contributed by atoms with van der Waals surface area (Å²) >= 11 is 1.70. The highest BCUT2D eigenvalue weighted by Gasteiger charge is 2.24. The van der Waals surface area contributed by atoms with Crippen molar-refractivity contribution in [1.82, 2.24) is 10.2 Å². The van der Waals surface area contributed by atoms with Gasteiger partial charge in [-0.1, -0.05) is 0 Å². The molecule has 26 heavy (non-hydrogen) atoms. The van der Waals surface area contributed by atoms with Gasteiger partial charge in [0, 0.05) is 6.54 Å². The third kappa shape index (κ3) is 5.22. The van der Waals surface area contributed by atoms with Crippen LogP contribution < -0.4 is 14.8 Å². The van der Waals surface area contributed by atoms with Crippen molar-refractivity contribution in [3.05, 3.63) is 46.7 Å². The molecule has 1 fully saturated rings. The van der Waals surface area contributed by atoms with Crippen molar-refractivity contribution in [2.24, 2.45) is 0 Å². The topological polar surface area (TPSA) is 50.8 Å². The molecule has 0 bridgehead atoms. The van der Waals surface area contributed by atoms with Crippen molar-refractivity contribution in [1.29, 1.82) is 0 Å². The molecule has 1 N–H and O–H groups in total. The first kappa shape index (κ1) is 18.7. The summed E-state index contributed by atoms with van der Waals surface area (Å²) < 4.78 is 11.0. The fourth-order valence-corrected chi connectivity index (χ4v) is 3.89. The molecule has 1 saturated heterocycles. The van der Waals surface area contributed by atoms with Crippen LogP contribution in [-0.4, -0.2) is 43.7 Å². The van der Waals surface area contributed by atoms with Gasteiger partial charge < -0.3 is 14.8 Å². The Morgan fingerprint density at radius 2 is 1.85 bits per heavy atom. The lowest BCUT2D eigenvalue weighted by Crippen LogP contribution is -2.38. The van der Waals surface area contributed by atoms with Gasteiger partial charge in [-0.25, -0.2) is 0 Å². The summed E-state index contributed by atoms with van der Waals surface area (Å²) in [7, 11) is 0. The molecule has 2 aromatic rings. The number of carbonyl (C=O) groups is 1. The van der Waals surface area contributed by atoms with E-state index in [1.807, 2.05) is 31.2 Å². The van der Waals surface area contributed by atoms with E-state index >= 15 is 0 Å². The van der Waals surface area contributed by atoms with Crippen LogP contribution in [0.2, 0.25) is 0 Å². The number of carbonyl (C=O) groups excluding carboxylic acids is 1. The third-order valence-electron chi connectivity index (χ3n) is 4.51. The molecule has 1 aromatic heterocycles. The second-order valence-electron chi connectivity index (χ2n) is 6.31. The zero-order chi connectivity index (χ0) is 18.2. The smallest absolute Gasteiger partial charge is 0.258 e. The molecule has 2 heterocycles. The Labute approximate surface area is 158 Å². The summed E-state index contributed by atoms with van der Waals surface area (Å²) in [6.45, 7) is 5.40. The van der Waals surface area contributed by atoms with Crippen LogP contribution in [0.3, 0.4) is 0 Å². The lowest BCUT2D eigenvalue weighted by Gasteiger charge is -2.27. The quantitative estimate of drug-likeness (QED) is 0.730. The lowest BCUT2D eigenvalue weighted by atomic mass is 10.1. The zero-order valence-corrected chi connectivity index (χ0v) is 16.0. The summed E-state index contributed by atoms with van der Waals surface area (Å²) in [6, 6.07) is 9.72. The van der Waals surface area contributed by atoms with Gasteiger partial charge in [-0.05, 0) is 79.5 Å². The standard InChI is InChI=1S/C20H26N2O3S/c1-2-24-17-5-7-18(8-6-17)25-14-20(23)21-13-19(16-9-12-26-15-16)22-10-3-4-11-22/h5-9,12,15,19H,2-4,10-11,13-14H2,1H3,(H,21,23). The Hall–Kier alpha value is -2.05. The number of likely N-dealkylation sites (tertiary alicyclic amines) is 1. The Bertz CT molecular complexity index is 667. The van der Waals surface area contributed by atoms with Gasteiger partial charge in [0.15, 0.2) is 6.61 Å². The molecule has 0 saturated carbocycles. The van der Waals surface area contributed by atoms with E-state index in [0.717, 1.165) is 18.8 Å². The highest BCUT2D eigenvalue weighted by molar-refractivity contribution is 7.07. The summed E-state index contributed by atoms with van der Waals surface area (Å²) in [5.74, 6) is 1.37. The molecule has 140 valence electrons.